The van der Waals surface area contributed by atoms with Crippen molar-refractivity contribution in [2.45, 2.75) is 26.7 Å². The largest absolute Gasteiger partial charge is 0.373 e. The smallest absolute Gasteiger partial charge is 0.162 e. The molecule has 0 fully saturated rings. The van der Waals surface area contributed by atoms with Gasteiger partial charge in [0.15, 0.2) is 5.82 Å². The van der Waals surface area contributed by atoms with Crippen molar-refractivity contribution in [3.05, 3.63) is 40.5 Å². The highest BCUT2D eigenvalue weighted by Gasteiger charge is 2.11. The molecule has 0 spiro atoms. The van der Waals surface area contributed by atoms with Gasteiger partial charge in [-0.2, -0.15) is 0 Å². The van der Waals surface area contributed by atoms with Gasteiger partial charge in [-0.05, 0) is 36.6 Å². The van der Waals surface area contributed by atoms with Gasteiger partial charge in [0.1, 0.15) is 5.82 Å². The van der Waals surface area contributed by atoms with Crippen LogP contribution >= 0.6 is 11.6 Å². The van der Waals surface area contributed by atoms with E-state index in [4.69, 9.17) is 11.6 Å². The summed E-state index contributed by atoms with van der Waals surface area (Å²) in [5, 5.41) is 3.82. The van der Waals surface area contributed by atoms with Crippen LogP contribution in [-0.2, 0) is 0 Å². The van der Waals surface area contributed by atoms with Crippen LogP contribution < -0.4 is 5.32 Å². The first kappa shape index (κ1) is 13.8. The standard InChI is InChI=1S/C15H18ClN3/c1-9(2)13-8-14(17-4)19-15(18-13)12-6-5-11(16)7-10(12)3/h5-9H,1-4H3,(H,17,18,19). The van der Waals surface area contributed by atoms with Gasteiger partial charge >= 0.3 is 0 Å². The summed E-state index contributed by atoms with van der Waals surface area (Å²) in [6.45, 7) is 6.27. The molecule has 0 unspecified atom stereocenters. The number of benzene rings is 1. The Morgan fingerprint density at radius 2 is 1.89 bits per heavy atom. The van der Waals surface area contributed by atoms with Crippen LogP contribution in [0, 0.1) is 6.92 Å². The third kappa shape index (κ3) is 3.04. The zero-order chi connectivity index (χ0) is 14.0. The van der Waals surface area contributed by atoms with Gasteiger partial charge in [0.2, 0.25) is 0 Å². The van der Waals surface area contributed by atoms with E-state index in [-0.39, 0.29) is 0 Å². The van der Waals surface area contributed by atoms with Crippen LogP contribution in [0.25, 0.3) is 11.4 Å². The topological polar surface area (TPSA) is 37.8 Å². The molecule has 100 valence electrons. The lowest BCUT2D eigenvalue weighted by atomic mass is 10.1. The number of hydrogen-bond donors (Lipinski definition) is 1. The fourth-order valence-corrected chi connectivity index (χ4v) is 2.11. The van der Waals surface area contributed by atoms with Gasteiger partial charge in [-0.15, -0.1) is 0 Å². The van der Waals surface area contributed by atoms with E-state index in [2.05, 4.69) is 29.1 Å². The molecule has 0 aliphatic carbocycles. The lowest BCUT2D eigenvalue weighted by Crippen LogP contribution is -2.02. The molecule has 0 radical (unpaired) electrons. The molecule has 0 saturated heterocycles. The van der Waals surface area contributed by atoms with Crippen molar-refractivity contribution in [2.24, 2.45) is 0 Å². The van der Waals surface area contributed by atoms with Gasteiger partial charge in [0.25, 0.3) is 0 Å². The minimum absolute atomic E-state index is 0.362. The second kappa shape index (κ2) is 5.57. The SMILES string of the molecule is CNc1cc(C(C)C)nc(-c2ccc(Cl)cc2C)n1. The second-order valence-electron chi connectivity index (χ2n) is 4.87. The summed E-state index contributed by atoms with van der Waals surface area (Å²) in [6, 6.07) is 7.76. The Hall–Kier alpha value is -1.61. The molecule has 1 aromatic heterocycles. The highest BCUT2D eigenvalue weighted by Crippen LogP contribution is 2.26. The fraction of sp³-hybridized carbons (Fsp3) is 0.333. The molecule has 0 aliphatic heterocycles. The van der Waals surface area contributed by atoms with Crippen LogP contribution in [0.1, 0.15) is 31.0 Å². The maximum absolute atomic E-state index is 5.99. The van der Waals surface area contributed by atoms with E-state index in [0.29, 0.717) is 5.92 Å². The van der Waals surface area contributed by atoms with E-state index < -0.39 is 0 Å². The van der Waals surface area contributed by atoms with Crippen molar-refractivity contribution in [3.8, 4) is 11.4 Å². The molecule has 0 bridgehead atoms. The number of nitrogens with zero attached hydrogens (tertiary/aromatic N) is 2. The van der Waals surface area contributed by atoms with E-state index in [1.807, 2.05) is 38.2 Å². The van der Waals surface area contributed by atoms with E-state index in [0.717, 1.165) is 33.5 Å². The number of aromatic nitrogens is 2. The lowest BCUT2D eigenvalue weighted by Gasteiger charge is -2.11. The minimum atomic E-state index is 0.362. The third-order valence-electron chi connectivity index (χ3n) is 3.02. The van der Waals surface area contributed by atoms with Crippen LogP contribution in [0.2, 0.25) is 5.02 Å². The van der Waals surface area contributed by atoms with Crippen LogP contribution in [0.4, 0.5) is 5.82 Å². The first-order valence-electron chi connectivity index (χ1n) is 6.34. The molecule has 2 rings (SSSR count). The number of anilines is 1. The Morgan fingerprint density at radius 3 is 2.47 bits per heavy atom. The summed E-state index contributed by atoms with van der Waals surface area (Å²) in [5.41, 5.74) is 3.13. The number of aryl methyl sites for hydroxylation is 1. The monoisotopic (exact) mass is 275 g/mol. The van der Waals surface area contributed by atoms with Crippen molar-refractivity contribution in [2.75, 3.05) is 12.4 Å². The van der Waals surface area contributed by atoms with E-state index in [1.54, 1.807) is 0 Å². The zero-order valence-corrected chi connectivity index (χ0v) is 12.4. The minimum Gasteiger partial charge on any atom is -0.373 e. The molecule has 0 saturated carbocycles. The average Bonchev–Trinajstić information content (AvgIpc) is 2.38. The summed E-state index contributed by atoms with van der Waals surface area (Å²) in [5.74, 6) is 1.94. The van der Waals surface area contributed by atoms with Gasteiger partial charge in [-0.3, -0.25) is 0 Å². The Labute approximate surface area is 119 Å². The van der Waals surface area contributed by atoms with Crippen molar-refractivity contribution in [1.82, 2.24) is 9.97 Å². The van der Waals surface area contributed by atoms with Gasteiger partial charge in [0, 0.05) is 29.4 Å². The molecule has 0 aliphatic rings. The zero-order valence-electron chi connectivity index (χ0n) is 11.7. The quantitative estimate of drug-likeness (QED) is 0.909. The first-order chi connectivity index (χ1) is 9.01. The van der Waals surface area contributed by atoms with Crippen LogP contribution in [0.15, 0.2) is 24.3 Å². The Kier molecular flexibility index (Phi) is 4.05. The summed E-state index contributed by atoms with van der Waals surface area (Å²) >= 11 is 5.99. The molecule has 3 nitrogen and oxygen atoms in total. The fourth-order valence-electron chi connectivity index (χ4n) is 1.89. The molecule has 1 aromatic carbocycles. The Morgan fingerprint density at radius 1 is 1.16 bits per heavy atom. The third-order valence-corrected chi connectivity index (χ3v) is 3.26. The highest BCUT2D eigenvalue weighted by molar-refractivity contribution is 6.30. The van der Waals surface area contributed by atoms with Crippen LogP contribution in [0.3, 0.4) is 0 Å². The Balaban J connectivity index is 2.57. The van der Waals surface area contributed by atoms with Gasteiger partial charge in [-0.25, -0.2) is 9.97 Å². The maximum atomic E-state index is 5.99. The molecule has 0 amide bonds. The summed E-state index contributed by atoms with van der Waals surface area (Å²) in [4.78, 5) is 9.18. The van der Waals surface area contributed by atoms with Crippen molar-refractivity contribution < 1.29 is 0 Å². The first-order valence-corrected chi connectivity index (χ1v) is 6.72. The molecular formula is C15H18ClN3. The number of halogens is 1. The molecule has 4 heteroatoms. The Bertz CT molecular complexity index is 594. The van der Waals surface area contributed by atoms with Crippen LogP contribution in [0.5, 0.6) is 0 Å². The predicted molar refractivity (Wildman–Crippen MR) is 80.9 cm³/mol. The van der Waals surface area contributed by atoms with Crippen LogP contribution in [-0.4, -0.2) is 17.0 Å². The van der Waals surface area contributed by atoms with E-state index in [9.17, 15) is 0 Å². The molecular weight excluding hydrogens is 258 g/mol. The summed E-state index contributed by atoms with van der Waals surface area (Å²) < 4.78 is 0. The van der Waals surface area contributed by atoms with E-state index in [1.165, 1.54) is 0 Å². The number of hydrogen-bond acceptors (Lipinski definition) is 3. The normalized spacial score (nSPS) is 10.8. The summed E-state index contributed by atoms with van der Waals surface area (Å²) in [6.07, 6.45) is 0. The van der Waals surface area contributed by atoms with E-state index >= 15 is 0 Å². The number of nitrogens with one attached hydrogen (secondary N) is 1. The molecule has 0 atom stereocenters. The number of rotatable bonds is 3. The highest BCUT2D eigenvalue weighted by atomic mass is 35.5. The van der Waals surface area contributed by atoms with Gasteiger partial charge in [0.05, 0.1) is 0 Å². The van der Waals surface area contributed by atoms with Crippen molar-refractivity contribution in [3.63, 3.8) is 0 Å². The van der Waals surface area contributed by atoms with Gasteiger partial charge < -0.3 is 5.32 Å². The lowest BCUT2D eigenvalue weighted by molar-refractivity contribution is 0.817. The average molecular weight is 276 g/mol. The molecule has 1 N–H and O–H groups in total. The summed E-state index contributed by atoms with van der Waals surface area (Å²) in [7, 11) is 1.87. The van der Waals surface area contributed by atoms with Crippen molar-refractivity contribution in [1.29, 1.82) is 0 Å². The second-order valence-corrected chi connectivity index (χ2v) is 5.30. The molecule has 1 heterocycles. The van der Waals surface area contributed by atoms with Gasteiger partial charge in [-0.1, -0.05) is 25.4 Å². The van der Waals surface area contributed by atoms with Crippen molar-refractivity contribution >= 4 is 17.4 Å². The predicted octanol–water partition coefficient (Wildman–Crippen LogP) is 4.27. The maximum Gasteiger partial charge on any atom is 0.162 e. The molecule has 19 heavy (non-hydrogen) atoms. The molecule has 2 aromatic rings.